The van der Waals surface area contributed by atoms with Crippen LogP contribution in [-0.4, -0.2) is 50.2 Å². The van der Waals surface area contributed by atoms with E-state index < -0.39 is 0 Å². The van der Waals surface area contributed by atoms with Gasteiger partial charge in [0.1, 0.15) is 5.69 Å². The molecule has 0 saturated heterocycles. The van der Waals surface area contributed by atoms with E-state index in [1.807, 2.05) is 24.3 Å². The van der Waals surface area contributed by atoms with Gasteiger partial charge in [-0.25, -0.2) is 4.98 Å². The number of halogens is 1. The number of imidazole rings is 1. The summed E-state index contributed by atoms with van der Waals surface area (Å²) in [5.41, 5.74) is 2.25. The van der Waals surface area contributed by atoms with E-state index in [-0.39, 0.29) is 5.91 Å². The van der Waals surface area contributed by atoms with Gasteiger partial charge in [0, 0.05) is 13.1 Å². The molecule has 0 bridgehead atoms. The molecule has 25 heavy (non-hydrogen) atoms. The number of aromatic amines is 1. The molecule has 2 heterocycles. The largest absolute Gasteiger partial charge is 0.309 e. The third kappa shape index (κ3) is 3.74. The summed E-state index contributed by atoms with van der Waals surface area (Å²) in [4.78, 5) is 19.4. The molecule has 0 unspecified atom stereocenters. The molecule has 0 saturated carbocycles. The Labute approximate surface area is 154 Å². The molecule has 3 rings (SSSR count). The Hall–Kier alpha value is -2.19. The lowest BCUT2D eigenvalue weighted by molar-refractivity contribution is 0.102. The first-order valence-corrected chi connectivity index (χ1v) is 9.11. The standard InChI is InChI=1S/C17H21BrN6O/c1-3-23(4-2)9-10-24-14-8-6-5-7-13(14)20-17(24)21-16(25)15-12(18)11-19-22-15/h5-8,11H,3-4,9-10H2,1-2H3,(H,19,22)(H,20,21,25). The van der Waals surface area contributed by atoms with Gasteiger partial charge in [0.05, 0.1) is 21.7 Å². The normalized spacial score (nSPS) is 11.4. The van der Waals surface area contributed by atoms with Gasteiger partial charge in [0.25, 0.3) is 5.91 Å². The Balaban J connectivity index is 1.89. The number of anilines is 1. The van der Waals surface area contributed by atoms with Crippen molar-refractivity contribution in [2.45, 2.75) is 20.4 Å². The summed E-state index contributed by atoms with van der Waals surface area (Å²) in [5, 5.41) is 9.45. The smallest absolute Gasteiger partial charge is 0.277 e. The molecule has 0 spiro atoms. The number of hydrogen-bond acceptors (Lipinski definition) is 4. The quantitative estimate of drug-likeness (QED) is 0.633. The minimum Gasteiger partial charge on any atom is -0.309 e. The van der Waals surface area contributed by atoms with E-state index in [1.165, 1.54) is 0 Å². The number of benzene rings is 1. The molecular weight excluding hydrogens is 384 g/mol. The summed E-state index contributed by atoms with van der Waals surface area (Å²) < 4.78 is 2.67. The molecule has 2 N–H and O–H groups in total. The van der Waals surface area contributed by atoms with E-state index in [0.29, 0.717) is 16.1 Å². The van der Waals surface area contributed by atoms with Gasteiger partial charge in [-0.1, -0.05) is 26.0 Å². The Morgan fingerprint density at radius 1 is 1.32 bits per heavy atom. The number of nitrogens with one attached hydrogen (secondary N) is 2. The fraction of sp³-hybridized carbons (Fsp3) is 0.353. The van der Waals surface area contributed by atoms with Crippen molar-refractivity contribution in [1.82, 2.24) is 24.6 Å². The summed E-state index contributed by atoms with van der Waals surface area (Å²) >= 11 is 3.31. The lowest BCUT2D eigenvalue weighted by Gasteiger charge is -2.19. The van der Waals surface area contributed by atoms with Crippen molar-refractivity contribution >= 4 is 38.8 Å². The number of H-pyrrole nitrogens is 1. The van der Waals surface area contributed by atoms with Crippen LogP contribution in [0.4, 0.5) is 5.95 Å². The van der Waals surface area contributed by atoms with E-state index in [2.05, 4.69) is 59.7 Å². The highest BCUT2D eigenvalue weighted by atomic mass is 79.9. The maximum absolute atomic E-state index is 12.5. The first-order chi connectivity index (χ1) is 12.1. The number of carbonyl (C=O) groups excluding carboxylic acids is 1. The Bertz CT molecular complexity index is 867. The van der Waals surface area contributed by atoms with Crippen molar-refractivity contribution < 1.29 is 4.79 Å². The predicted molar refractivity (Wildman–Crippen MR) is 102 cm³/mol. The molecule has 0 aliphatic rings. The lowest BCUT2D eigenvalue weighted by Crippen LogP contribution is -2.27. The maximum Gasteiger partial charge on any atom is 0.277 e. The molecule has 0 aliphatic carbocycles. The van der Waals surface area contributed by atoms with Gasteiger partial charge in [0.15, 0.2) is 0 Å². The van der Waals surface area contributed by atoms with E-state index in [0.717, 1.165) is 37.2 Å². The van der Waals surface area contributed by atoms with E-state index in [4.69, 9.17) is 0 Å². The zero-order valence-electron chi connectivity index (χ0n) is 14.3. The van der Waals surface area contributed by atoms with Crippen LogP contribution in [0.25, 0.3) is 11.0 Å². The van der Waals surface area contributed by atoms with Crippen molar-refractivity contribution in [1.29, 1.82) is 0 Å². The molecule has 0 aliphatic heterocycles. The van der Waals surface area contributed by atoms with Crippen LogP contribution in [0.3, 0.4) is 0 Å². The third-order valence-electron chi connectivity index (χ3n) is 4.23. The highest BCUT2D eigenvalue weighted by Crippen LogP contribution is 2.21. The van der Waals surface area contributed by atoms with Crippen LogP contribution < -0.4 is 5.32 Å². The van der Waals surface area contributed by atoms with Crippen LogP contribution in [0.5, 0.6) is 0 Å². The average Bonchev–Trinajstić information content (AvgIpc) is 3.19. The van der Waals surface area contributed by atoms with Gasteiger partial charge in [0.2, 0.25) is 5.95 Å². The van der Waals surface area contributed by atoms with E-state index in [1.54, 1.807) is 6.20 Å². The van der Waals surface area contributed by atoms with Crippen LogP contribution in [0.1, 0.15) is 24.3 Å². The van der Waals surface area contributed by atoms with Crippen LogP contribution >= 0.6 is 15.9 Å². The lowest BCUT2D eigenvalue weighted by atomic mass is 10.3. The second-order valence-electron chi connectivity index (χ2n) is 5.65. The van der Waals surface area contributed by atoms with Crippen LogP contribution in [0.15, 0.2) is 34.9 Å². The first kappa shape index (κ1) is 17.6. The van der Waals surface area contributed by atoms with Crippen molar-refractivity contribution in [2.75, 3.05) is 25.0 Å². The molecule has 132 valence electrons. The van der Waals surface area contributed by atoms with Gasteiger partial charge in [-0.15, -0.1) is 0 Å². The number of likely N-dealkylation sites (N-methyl/N-ethyl adjacent to an activating group) is 1. The van der Waals surface area contributed by atoms with Crippen LogP contribution in [0.2, 0.25) is 0 Å². The number of amides is 1. The van der Waals surface area contributed by atoms with E-state index >= 15 is 0 Å². The molecule has 2 aromatic heterocycles. The summed E-state index contributed by atoms with van der Waals surface area (Å²) in [5.74, 6) is 0.267. The number of hydrogen-bond donors (Lipinski definition) is 2. The Morgan fingerprint density at radius 3 is 2.76 bits per heavy atom. The fourth-order valence-electron chi connectivity index (χ4n) is 2.77. The van der Waals surface area contributed by atoms with Crippen LogP contribution in [0, 0.1) is 0 Å². The van der Waals surface area contributed by atoms with Crippen LogP contribution in [-0.2, 0) is 6.54 Å². The second kappa shape index (κ2) is 7.79. The van der Waals surface area contributed by atoms with Crippen molar-refractivity contribution in [3.05, 3.63) is 40.6 Å². The molecule has 1 amide bonds. The minimum absolute atomic E-state index is 0.274. The summed E-state index contributed by atoms with van der Waals surface area (Å²) in [7, 11) is 0. The van der Waals surface area contributed by atoms with Crippen molar-refractivity contribution in [3.63, 3.8) is 0 Å². The topological polar surface area (TPSA) is 78.8 Å². The molecule has 1 aromatic carbocycles. The first-order valence-electron chi connectivity index (χ1n) is 8.31. The van der Waals surface area contributed by atoms with Gasteiger partial charge in [-0.05, 0) is 41.2 Å². The number of para-hydroxylation sites is 2. The van der Waals surface area contributed by atoms with Gasteiger partial charge in [-0.3, -0.25) is 15.2 Å². The fourth-order valence-corrected chi connectivity index (χ4v) is 3.14. The van der Waals surface area contributed by atoms with Crippen molar-refractivity contribution in [2.24, 2.45) is 0 Å². The number of carbonyl (C=O) groups is 1. The predicted octanol–water partition coefficient (Wildman–Crippen LogP) is 3.12. The third-order valence-corrected chi connectivity index (χ3v) is 4.84. The average molecular weight is 405 g/mol. The highest BCUT2D eigenvalue weighted by molar-refractivity contribution is 9.10. The summed E-state index contributed by atoms with van der Waals surface area (Å²) in [6.07, 6.45) is 1.55. The monoisotopic (exact) mass is 404 g/mol. The highest BCUT2D eigenvalue weighted by Gasteiger charge is 2.17. The van der Waals surface area contributed by atoms with Gasteiger partial charge in [-0.2, -0.15) is 5.10 Å². The molecular formula is C17H21BrN6O. The molecule has 0 atom stereocenters. The Kier molecular flexibility index (Phi) is 5.50. The number of nitrogens with zero attached hydrogens (tertiary/aromatic N) is 4. The zero-order chi connectivity index (χ0) is 17.8. The molecule has 8 heteroatoms. The van der Waals surface area contributed by atoms with Gasteiger partial charge >= 0.3 is 0 Å². The summed E-state index contributed by atoms with van der Waals surface area (Å²) in [6.45, 7) is 7.92. The minimum atomic E-state index is -0.274. The molecule has 7 nitrogen and oxygen atoms in total. The second-order valence-corrected chi connectivity index (χ2v) is 6.50. The summed E-state index contributed by atoms with van der Waals surface area (Å²) in [6, 6.07) is 7.90. The number of aromatic nitrogens is 4. The molecule has 0 radical (unpaired) electrons. The number of rotatable bonds is 7. The maximum atomic E-state index is 12.5. The van der Waals surface area contributed by atoms with Gasteiger partial charge < -0.3 is 9.47 Å². The Morgan fingerprint density at radius 2 is 2.08 bits per heavy atom. The molecule has 0 fully saturated rings. The zero-order valence-corrected chi connectivity index (χ0v) is 15.9. The SMILES string of the molecule is CCN(CC)CCn1c(NC(=O)c2[nH]ncc2Br)nc2ccccc21. The van der Waals surface area contributed by atoms with Crippen molar-refractivity contribution in [3.8, 4) is 0 Å². The van der Waals surface area contributed by atoms with E-state index in [9.17, 15) is 4.79 Å². The number of fused-ring (bicyclic) bond motifs is 1. The molecule has 3 aromatic rings.